The highest BCUT2D eigenvalue weighted by atomic mass is 19.1. The Morgan fingerprint density at radius 1 is 0.923 bits per heavy atom. The first kappa shape index (κ1) is 18.6. The SMILES string of the molecule is O=C(NCCCc1ccc(F)cc1)c1ccc(CN2CCCCC2)cc1. The maximum Gasteiger partial charge on any atom is 0.251 e. The van der Waals surface area contributed by atoms with E-state index in [2.05, 4.69) is 22.3 Å². The Hall–Kier alpha value is -2.20. The molecule has 0 radical (unpaired) electrons. The van der Waals surface area contributed by atoms with Crippen LogP contribution in [0.4, 0.5) is 4.39 Å². The highest BCUT2D eigenvalue weighted by Gasteiger charge is 2.11. The second-order valence-electron chi connectivity index (χ2n) is 7.02. The lowest BCUT2D eigenvalue weighted by Gasteiger charge is -2.26. The van der Waals surface area contributed by atoms with Crippen molar-refractivity contribution in [3.05, 3.63) is 71.0 Å². The van der Waals surface area contributed by atoms with E-state index in [4.69, 9.17) is 0 Å². The smallest absolute Gasteiger partial charge is 0.251 e. The van der Waals surface area contributed by atoms with Crippen molar-refractivity contribution in [3.63, 3.8) is 0 Å². The lowest BCUT2D eigenvalue weighted by molar-refractivity contribution is 0.0953. The van der Waals surface area contributed by atoms with Crippen LogP contribution in [0.3, 0.4) is 0 Å². The van der Waals surface area contributed by atoms with Gasteiger partial charge >= 0.3 is 0 Å². The van der Waals surface area contributed by atoms with Crippen molar-refractivity contribution < 1.29 is 9.18 Å². The van der Waals surface area contributed by atoms with Crippen LogP contribution in [0.1, 0.15) is 47.2 Å². The molecule has 138 valence electrons. The summed E-state index contributed by atoms with van der Waals surface area (Å²) in [6.07, 6.45) is 5.59. The van der Waals surface area contributed by atoms with Gasteiger partial charge in [0.1, 0.15) is 5.82 Å². The molecule has 0 unspecified atom stereocenters. The van der Waals surface area contributed by atoms with Gasteiger partial charge in [-0.25, -0.2) is 4.39 Å². The van der Waals surface area contributed by atoms with Gasteiger partial charge in [0.15, 0.2) is 0 Å². The first-order valence-electron chi connectivity index (χ1n) is 9.55. The van der Waals surface area contributed by atoms with Crippen LogP contribution in [0.2, 0.25) is 0 Å². The number of rotatable bonds is 7. The molecule has 3 nitrogen and oxygen atoms in total. The molecule has 1 aliphatic rings. The van der Waals surface area contributed by atoms with E-state index in [9.17, 15) is 9.18 Å². The zero-order valence-electron chi connectivity index (χ0n) is 15.2. The highest BCUT2D eigenvalue weighted by molar-refractivity contribution is 5.94. The van der Waals surface area contributed by atoms with Gasteiger partial charge < -0.3 is 5.32 Å². The molecule has 1 heterocycles. The standard InChI is InChI=1S/C22H27FN2O/c23-21-12-8-18(9-13-21)5-4-14-24-22(26)20-10-6-19(7-11-20)17-25-15-2-1-3-16-25/h6-13H,1-5,14-17H2,(H,24,26). The van der Waals surface area contributed by atoms with Crippen LogP contribution in [0.15, 0.2) is 48.5 Å². The van der Waals surface area contributed by atoms with Gasteiger partial charge in [0, 0.05) is 18.7 Å². The quantitative estimate of drug-likeness (QED) is 0.757. The summed E-state index contributed by atoms with van der Waals surface area (Å²) in [7, 11) is 0. The first-order chi connectivity index (χ1) is 12.7. The Balaban J connectivity index is 1.40. The van der Waals surface area contributed by atoms with Crippen molar-refractivity contribution >= 4 is 5.91 Å². The molecule has 1 N–H and O–H groups in total. The minimum Gasteiger partial charge on any atom is -0.352 e. The fourth-order valence-electron chi connectivity index (χ4n) is 3.38. The van der Waals surface area contributed by atoms with Crippen LogP contribution >= 0.6 is 0 Å². The molecule has 0 spiro atoms. The Morgan fingerprint density at radius 2 is 1.58 bits per heavy atom. The van der Waals surface area contributed by atoms with Crippen molar-refractivity contribution in [3.8, 4) is 0 Å². The van der Waals surface area contributed by atoms with Crippen molar-refractivity contribution in [2.75, 3.05) is 19.6 Å². The van der Waals surface area contributed by atoms with Gasteiger partial charge in [0.25, 0.3) is 5.91 Å². The van der Waals surface area contributed by atoms with E-state index in [0.29, 0.717) is 12.1 Å². The summed E-state index contributed by atoms with van der Waals surface area (Å²) in [5.74, 6) is -0.251. The van der Waals surface area contributed by atoms with Crippen LogP contribution in [0.5, 0.6) is 0 Å². The molecule has 0 aromatic heterocycles. The minimum atomic E-state index is -0.217. The third-order valence-corrected chi connectivity index (χ3v) is 4.91. The molecule has 0 atom stereocenters. The molecule has 2 aromatic carbocycles. The molecule has 0 aliphatic carbocycles. The van der Waals surface area contributed by atoms with E-state index in [1.165, 1.54) is 50.0 Å². The number of likely N-dealkylation sites (tertiary alicyclic amines) is 1. The van der Waals surface area contributed by atoms with Gasteiger partial charge in [0.2, 0.25) is 0 Å². The number of carbonyl (C=O) groups is 1. The highest BCUT2D eigenvalue weighted by Crippen LogP contribution is 2.13. The average molecular weight is 354 g/mol. The van der Waals surface area contributed by atoms with Crippen LogP contribution in [-0.4, -0.2) is 30.4 Å². The largest absolute Gasteiger partial charge is 0.352 e. The second-order valence-corrected chi connectivity index (χ2v) is 7.02. The lowest BCUT2D eigenvalue weighted by Crippen LogP contribution is -2.29. The summed E-state index contributed by atoms with van der Waals surface area (Å²) in [6.45, 7) is 3.94. The van der Waals surface area contributed by atoms with Crippen LogP contribution < -0.4 is 5.32 Å². The molecule has 26 heavy (non-hydrogen) atoms. The molecular formula is C22H27FN2O. The van der Waals surface area contributed by atoms with Crippen LogP contribution in [0, 0.1) is 5.82 Å². The Labute approximate surface area is 155 Å². The lowest BCUT2D eigenvalue weighted by atomic mass is 10.1. The third-order valence-electron chi connectivity index (χ3n) is 4.91. The second kappa shape index (κ2) is 9.48. The van der Waals surface area contributed by atoms with Crippen molar-refractivity contribution in [1.29, 1.82) is 0 Å². The van der Waals surface area contributed by atoms with Gasteiger partial charge in [-0.1, -0.05) is 30.7 Å². The van der Waals surface area contributed by atoms with E-state index in [0.717, 1.165) is 24.9 Å². The van der Waals surface area contributed by atoms with Gasteiger partial charge in [-0.15, -0.1) is 0 Å². The van der Waals surface area contributed by atoms with Crippen LogP contribution in [0.25, 0.3) is 0 Å². The topological polar surface area (TPSA) is 32.3 Å². The fraction of sp³-hybridized carbons (Fsp3) is 0.409. The average Bonchev–Trinajstić information content (AvgIpc) is 2.68. The number of hydrogen-bond acceptors (Lipinski definition) is 2. The Kier molecular flexibility index (Phi) is 6.78. The van der Waals surface area contributed by atoms with Crippen molar-refractivity contribution in [2.24, 2.45) is 0 Å². The first-order valence-corrected chi connectivity index (χ1v) is 9.55. The van der Waals surface area contributed by atoms with Crippen molar-refractivity contribution in [1.82, 2.24) is 10.2 Å². The van der Waals surface area contributed by atoms with Gasteiger partial charge in [0.05, 0.1) is 0 Å². The molecule has 0 bridgehead atoms. The van der Waals surface area contributed by atoms with E-state index < -0.39 is 0 Å². The maximum absolute atomic E-state index is 12.9. The van der Waals surface area contributed by atoms with E-state index in [-0.39, 0.29) is 11.7 Å². The number of amides is 1. The maximum atomic E-state index is 12.9. The monoisotopic (exact) mass is 354 g/mol. The third kappa shape index (κ3) is 5.67. The summed E-state index contributed by atoms with van der Waals surface area (Å²) in [5, 5.41) is 2.96. The molecule has 3 rings (SSSR count). The van der Waals surface area contributed by atoms with Crippen molar-refractivity contribution in [2.45, 2.75) is 38.6 Å². The van der Waals surface area contributed by atoms with E-state index in [1.807, 2.05) is 12.1 Å². The molecule has 1 fully saturated rings. The molecule has 1 saturated heterocycles. The zero-order valence-corrected chi connectivity index (χ0v) is 15.2. The Bertz CT molecular complexity index is 691. The van der Waals surface area contributed by atoms with Gasteiger partial charge in [-0.05, 0) is 74.2 Å². The van der Waals surface area contributed by atoms with E-state index in [1.54, 1.807) is 12.1 Å². The number of hydrogen-bond donors (Lipinski definition) is 1. The number of nitrogens with one attached hydrogen (secondary N) is 1. The van der Waals surface area contributed by atoms with Crippen LogP contribution in [-0.2, 0) is 13.0 Å². The molecule has 1 amide bonds. The summed E-state index contributed by atoms with van der Waals surface area (Å²) >= 11 is 0. The fourth-order valence-corrected chi connectivity index (χ4v) is 3.38. The number of aryl methyl sites for hydroxylation is 1. The van der Waals surface area contributed by atoms with Gasteiger partial charge in [-0.2, -0.15) is 0 Å². The number of nitrogens with zero attached hydrogens (tertiary/aromatic N) is 1. The minimum absolute atomic E-state index is 0.0337. The van der Waals surface area contributed by atoms with Gasteiger partial charge in [-0.3, -0.25) is 9.69 Å². The Morgan fingerprint density at radius 3 is 2.27 bits per heavy atom. The molecule has 4 heteroatoms. The predicted octanol–water partition coefficient (Wildman–Crippen LogP) is 4.17. The molecular weight excluding hydrogens is 327 g/mol. The number of piperidine rings is 1. The number of halogens is 1. The molecule has 0 saturated carbocycles. The summed E-state index contributed by atoms with van der Waals surface area (Å²) in [6, 6.07) is 14.5. The molecule has 2 aromatic rings. The molecule has 1 aliphatic heterocycles. The normalized spacial score (nSPS) is 15.0. The summed E-state index contributed by atoms with van der Waals surface area (Å²) < 4.78 is 12.9. The number of benzene rings is 2. The van der Waals surface area contributed by atoms with E-state index >= 15 is 0 Å². The number of carbonyl (C=O) groups excluding carboxylic acids is 1. The summed E-state index contributed by atoms with van der Waals surface area (Å²) in [5.41, 5.74) is 3.05. The predicted molar refractivity (Wildman–Crippen MR) is 103 cm³/mol. The summed E-state index contributed by atoms with van der Waals surface area (Å²) in [4.78, 5) is 14.7. The zero-order chi connectivity index (χ0) is 18.2.